The van der Waals surface area contributed by atoms with E-state index in [4.69, 9.17) is 5.14 Å². The van der Waals surface area contributed by atoms with Gasteiger partial charge in [0.15, 0.2) is 0 Å². The Morgan fingerprint density at radius 2 is 1.76 bits per heavy atom. The Morgan fingerprint density at radius 3 is 2.32 bits per heavy atom. The molecule has 186 valence electrons. The lowest BCUT2D eigenvalue weighted by Crippen LogP contribution is -2.34. The molecule has 6 nitrogen and oxygen atoms in total. The van der Waals surface area contributed by atoms with Gasteiger partial charge in [0.05, 0.1) is 0 Å². The van der Waals surface area contributed by atoms with Crippen molar-refractivity contribution in [3.8, 4) is 11.3 Å². The normalized spacial score (nSPS) is 18.6. The van der Waals surface area contributed by atoms with Gasteiger partial charge in [-0.1, -0.05) is 40.0 Å². The molecule has 1 aromatic carbocycles. The van der Waals surface area contributed by atoms with E-state index in [9.17, 15) is 13.2 Å². The Hall–Kier alpha value is -2.12. The fourth-order valence-electron chi connectivity index (χ4n) is 5.01. The molecule has 0 saturated heterocycles. The highest BCUT2D eigenvalue weighted by Crippen LogP contribution is 2.37. The lowest BCUT2D eigenvalue weighted by molar-refractivity contribution is 0.0935. The molecule has 0 aliphatic heterocycles. The van der Waals surface area contributed by atoms with E-state index in [0.717, 1.165) is 49.0 Å². The minimum atomic E-state index is -3.86. The molecule has 2 aromatic rings. The van der Waals surface area contributed by atoms with Gasteiger partial charge in [-0.2, -0.15) is 0 Å². The van der Waals surface area contributed by atoms with Crippen LogP contribution in [0.1, 0.15) is 94.3 Å². The van der Waals surface area contributed by atoms with E-state index in [1.807, 2.05) is 19.1 Å². The van der Waals surface area contributed by atoms with Crippen LogP contribution in [0.3, 0.4) is 0 Å². The number of nitrogens with zero attached hydrogens (tertiary/aromatic N) is 1. The van der Waals surface area contributed by atoms with Crippen LogP contribution in [-0.4, -0.2) is 24.4 Å². The summed E-state index contributed by atoms with van der Waals surface area (Å²) in [6.45, 7) is 11.0. The molecular weight excluding hydrogens is 446 g/mol. The number of sulfonamides is 1. The van der Waals surface area contributed by atoms with Gasteiger partial charge in [-0.3, -0.25) is 4.79 Å². The Kier molecular flexibility index (Phi) is 6.49. The SMILES string of the molecule is Cc1c(S(N)(=O)=O)cc(-c2cc(C(=O)NC3(C)CC3)cc(C(C)(C)C)c2)n1CC1CCCCC1. The predicted octanol–water partition coefficient (Wildman–Crippen LogP) is 5.27. The average Bonchev–Trinajstić information content (AvgIpc) is 3.38. The summed E-state index contributed by atoms with van der Waals surface area (Å²) in [6.07, 6.45) is 7.97. The molecule has 0 unspecified atom stereocenters. The van der Waals surface area contributed by atoms with Crippen molar-refractivity contribution in [3.63, 3.8) is 0 Å². The zero-order valence-electron chi connectivity index (χ0n) is 21.2. The van der Waals surface area contributed by atoms with Crippen LogP contribution in [0.5, 0.6) is 0 Å². The molecule has 1 aromatic heterocycles. The van der Waals surface area contributed by atoms with Crippen LogP contribution in [-0.2, 0) is 22.0 Å². The smallest absolute Gasteiger partial charge is 0.251 e. The summed E-state index contributed by atoms with van der Waals surface area (Å²) >= 11 is 0. The van der Waals surface area contributed by atoms with E-state index < -0.39 is 10.0 Å². The van der Waals surface area contributed by atoms with Crippen LogP contribution in [0, 0.1) is 12.8 Å². The maximum absolute atomic E-state index is 13.2. The number of nitrogens with one attached hydrogen (secondary N) is 1. The van der Waals surface area contributed by atoms with Crippen LogP contribution in [0.15, 0.2) is 29.2 Å². The fourth-order valence-corrected chi connectivity index (χ4v) is 5.81. The second-order valence-electron chi connectivity index (χ2n) is 11.7. The Labute approximate surface area is 204 Å². The van der Waals surface area contributed by atoms with Crippen molar-refractivity contribution >= 4 is 15.9 Å². The van der Waals surface area contributed by atoms with Gasteiger partial charge in [-0.15, -0.1) is 0 Å². The minimum Gasteiger partial charge on any atom is -0.347 e. The number of benzene rings is 1. The molecule has 2 aliphatic rings. The topological polar surface area (TPSA) is 94.2 Å². The monoisotopic (exact) mass is 485 g/mol. The van der Waals surface area contributed by atoms with Crippen LogP contribution < -0.4 is 10.5 Å². The number of primary sulfonamides is 1. The number of nitrogens with two attached hydrogens (primary N) is 1. The Balaban J connectivity index is 1.84. The van der Waals surface area contributed by atoms with Crippen molar-refractivity contribution < 1.29 is 13.2 Å². The third-order valence-corrected chi connectivity index (χ3v) is 8.59. The fraction of sp³-hybridized carbons (Fsp3) is 0.593. The summed E-state index contributed by atoms with van der Waals surface area (Å²) in [6, 6.07) is 7.65. The molecule has 0 radical (unpaired) electrons. The molecule has 0 bridgehead atoms. The summed E-state index contributed by atoms with van der Waals surface area (Å²) in [5.41, 5.74) is 3.69. The van der Waals surface area contributed by atoms with Crippen molar-refractivity contribution in [2.45, 2.75) is 102 Å². The van der Waals surface area contributed by atoms with Crippen LogP contribution >= 0.6 is 0 Å². The van der Waals surface area contributed by atoms with Gasteiger partial charge in [0.2, 0.25) is 10.0 Å². The van der Waals surface area contributed by atoms with Crippen LogP contribution in [0.25, 0.3) is 11.3 Å². The molecule has 0 spiro atoms. The van der Waals surface area contributed by atoms with Crippen molar-refractivity contribution in [1.82, 2.24) is 9.88 Å². The molecule has 2 saturated carbocycles. The third-order valence-electron chi connectivity index (χ3n) is 7.56. The number of amides is 1. The summed E-state index contributed by atoms with van der Waals surface area (Å²) in [4.78, 5) is 13.3. The van der Waals surface area contributed by atoms with E-state index in [0.29, 0.717) is 17.2 Å². The number of hydrogen-bond donors (Lipinski definition) is 2. The largest absolute Gasteiger partial charge is 0.347 e. The van der Waals surface area contributed by atoms with Crippen LogP contribution in [0.4, 0.5) is 0 Å². The highest BCUT2D eigenvalue weighted by atomic mass is 32.2. The van der Waals surface area contributed by atoms with Crippen molar-refractivity contribution in [2.24, 2.45) is 11.1 Å². The summed E-state index contributed by atoms with van der Waals surface area (Å²) in [5, 5.41) is 8.76. The summed E-state index contributed by atoms with van der Waals surface area (Å²) in [7, 11) is -3.86. The first-order valence-electron chi connectivity index (χ1n) is 12.5. The highest BCUT2D eigenvalue weighted by molar-refractivity contribution is 7.89. The number of hydrogen-bond acceptors (Lipinski definition) is 3. The lowest BCUT2D eigenvalue weighted by Gasteiger charge is -2.25. The molecule has 1 amide bonds. The summed E-state index contributed by atoms with van der Waals surface area (Å²) in [5.74, 6) is 0.427. The Morgan fingerprint density at radius 1 is 1.12 bits per heavy atom. The average molecular weight is 486 g/mol. The first-order valence-corrected chi connectivity index (χ1v) is 14.0. The predicted molar refractivity (Wildman–Crippen MR) is 136 cm³/mol. The van der Waals surface area contributed by atoms with E-state index in [2.05, 4.69) is 43.6 Å². The second-order valence-corrected chi connectivity index (χ2v) is 13.2. The first-order chi connectivity index (χ1) is 15.8. The molecule has 3 N–H and O–H groups in total. The molecule has 2 aliphatic carbocycles. The van der Waals surface area contributed by atoms with E-state index >= 15 is 0 Å². The quantitative estimate of drug-likeness (QED) is 0.583. The standard InChI is InChI=1S/C27H39N3O3S/c1-18-24(34(28,32)33)16-23(30(18)17-19-9-7-6-8-10-19)20-13-21(15-22(14-20)26(2,3)4)25(31)29-27(5)11-12-27/h13-16,19H,6-12,17H2,1-5H3,(H,29,31)(H2,28,32,33). The maximum atomic E-state index is 13.2. The maximum Gasteiger partial charge on any atom is 0.251 e. The highest BCUT2D eigenvalue weighted by Gasteiger charge is 2.39. The van der Waals surface area contributed by atoms with E-state index in [1.54, 1.807) is 6.07 Å². The van der Waals surface area contributed by atoms with E-state index in [-0.39, 0.29) is 21.8 Å². The second kappa shape index (κ2) is 8.83. The van der Waals surface area contributed by atoms with Crippen molar-refractivity contribution in [3.05, 3.63) is 41.1 Å². The van der Waals surface area contributed by atoms with Gasteiger partial charge in [0.25, 0.3) is 5.91 Å². The third kappa shape index (κ3) is 5.41. The van der Waals surface area contributed by atoms with Gasteiger partial charge in [0.1, 0.15) is 4.90 Å². The number of aromatic nitrogens is 1. The summed E-state index contributed by atoms with van der Waals surface area (Å²) < 4.78 is 26.9. The first kappa shape index (κ1) is 25.0. The van der Waals surface area contributed by atoms with Gasteiger partial charge >= 0.3 is 0 Å². The van der Waals surface area contributed by atoms with Gasteiger partial charge < -0.3 is 9.88 Å². The molecule has 4 rings (SSSR count). The number of rotatable bonds is 6. The number of carbonyl (C=O) groups is 1. The Bertz CT molecular complexity index is 1190. The molecule has 1 heterocycles. The van der Waals surface area contributed by atoms with E-state index in [1.165, 1.54) is 19.3 Å². The van der Waals surface area contributed by atoms with Crippen LogP contribution in [0.2, 0.25) is 0 Å². The molecular formula is C27H39N3O3S. The zero-order valence-corrected chi connectivity index (χ0v) is 22.0. The van der Waals surface area contributed by atoms with Crippen molar-refractivity contribution in [1.29, 1.82) is 0 Å². The lowest BCUT2D eigenvalue weighted by atomic mass is 9.84. The molecule has 0 atom stereocenters. The molecule has 34 heavy (non-hydrogen) atoms. The van der Waals surface area contributed by atoms with Gasteiger partial charge in [-0.05, 0) is 86.3 Å². The molecule has 7 heteroatoms. The minimum absolute atomic E-state index is 0.0823. The van der Waals surface area contributed by atoms with Gasteiger partial charge in [0, 0.05) is 29.0 Å². The zero-order chi connectivity index (χ0) is 24.9. The molecule has 2 fully saturated rings. The van der Waals surface area contributed by atoms with Crippen molar-refractivity contribution in [2.75, 3.05) is 0 Å². The number of carbonyl (C=O) groups excluding carboxylic acids is 1. The van der Waals surface area contributed by atoms with Gasteiger partial charge in [-0.25, -0.2) is 13.6 Å².